The Morgan fingerprint density at radius 3 is 2.67 bits per heavy atom. The van der Waals surface area contributed by atoms with E-state index in [2.05, 4.69) is 15.9 Å². The van der Waals surface area contributed by atoms with Crippen molar-refractivity contribution in [3.63, 3.8) is 0 Å². The lowest BCUT2D eigenvalue weighted by Gasteiger charge is -2.10. The molecule has 0 fully saturated rings. The van der Waals surface area contributed by atoms with Gasteiger partial charge in [0.15, 0.2) is 0 Å². The zero-order valence-corrected chi connectivity index (χ0v) is 14.2. The van der Waals surface area contributed by atoms with Crippen LogP contribution in [0.25, 0.3) is 0 Å². The first-order valence-corrected chi connectivity index (χ1v) is 8.50. The number of hydrogen-bond donors (Lipinski definition) is 1. The highest BCUT2D eigenvalue weighted by molar-refractivity contribution is 9.10. The zero-order valence-electron chi connectivity index (χ0n) is 11.8. The van der Waals surface area contributed by atoms with Gasteiger partial charge in [-0.05, 0) is 43.3 Å². The van der Waals surface area contributed by atoms with Crippen LogP contribution in [0.15, 0.2) is 51.8 Å². The van der Waals surface area contributed by atoms with E-state index in [1.165, 1.54) is 0 Å². The summed E-state index contributed by atoms with van der Waals surface area (Å²) in [6.45, 7) is 3.24. The van der Waals surface area contributed by atoms with Crippen molar-refractivity contribution in [3.8, 4) is 11.5 Å². The average Bonchev–Trinajstić information content (AvgIpc) is 2.47. The van der Waals surface area contributed by atoms with E-state index in [0.717, 1.165) is 32.3 Å². The molecule has 0 bridgehead atoms. The number of hydrogen-bond acceptors (Lipinski definition) is 4. The molecule has 0 unspecified atom stereocenters. The van der Waals surface area contributed by atoms with E-state index in [1.807, 2.05) is 49.4 Å². The molecule has 3 nitrogen and oxygen atoms in total. The van der Waals surface area contributed by atoms with Gasteiger partial charge in [-0.1, -0.05) is 22.0 Å². The number of rotatable bonds is 7. The summed E-state index contributed by atoms with van der Waals surface area (Å²) >= 11 is 5.09. The van der Waals surface area contributed by atoms with Crippen LogP contribution in [0, 0.1) is 0 Å². The SMILES string of the molecule is CCOc1ccc(N)c(SCCOc2cccc(Br)c2)c1. The summed E-state index contributed by atoms with van der Waals surface area (Å²) in [6, 6.07) is 13.6. The van der Waals surface area contributed by atoms with E-state index < -0.39 is 0 Å². The highest BCUT2D eigenvalue weighted by Crippen LogP contribution is 2.29. The maximum atomic E-state index is 5.98. The Morgan fingerprint density at radius 1 is 1.10 bits per heavy atom. The molecule has 0 heterocycles. The molecule has 2 N–H and O–H groups in total. The lowest BCUT2D eigenvalue weighted by molar-refractivity contribution is 0.339. The summed E-state index contributed by atoms with van der Waals surface area (Å²) in [5.74, 6) is 2.54. The van der Waals surface area contributed by atoms with Crippen molar-refractivity contribution in [1.29, 1.82) is 0 Å². The summed E-state index contributed by atoms with van der Waals surface area (Å²) in [5.41, 5.74) is 6.74. The highest BCUT2D eigenvalue weighted by Gasteiger charge is 2.03. The van der Waals surface area contributed by atoms with E-state index in [0.29, 0.717) is 13.2 Å². The van der Waals surface area contributed by atoms with E-state index in [-0.39, 0.29) is 0 Å². The Labute approximate surface area is 138 Å². The van der Waals surface area contributed by atoms with Crippen molar-refractivity contribution in [2.75, 3.05) is 24.7 Å². The van der Waals surface area contributed by atoms with Crippen LogP contribution in [0.4, 0.5) is 5.69 Å². The van der Waals surface area contributed by atoms with Gasteiger partial charge in [0.05, 0.1) is 13.2 Å². The van der Waals surface area contributed by atoms with Crippen molar-refractivity contribution < 1.29 is 9.47 Å². The Hall–Kier alpha value is -1.33. The monoisotopic (exact) mass is 367 g/mol. The Morgan fingerprint density at radius 2 is 1.90 bits per heavy atom. The predicted octanol–water partition coefficient (Wildman–Crippen LogP) is 4.60. The molecule has 5 heteroatoms. The highest BCUT2D eigenvalue weighted by atomic mass is 79.9. The number of nitrogens with two attached hydrogens (primary N) is 1. The topological polar surface area (TPSA) is 44.5 Å². The van der Waals surface area contributed by atoms with Crippen LogP contribution in [0.1, 0.15) is 6.92 Å². The van der Waals surface area contributed by atoms with Crippen LogP contribution in [0.2, 0.25) is 0 Å². The number of thioether (sulfide) groups is 1. The molecular formula is C16H18BrNO2S. The fourth-order valence-electron chi connectivity index (χ4n) is 1.76. The first kappa shape index (κ1) is 16.0. The van der Waals surface area contributed by atoms with Gasteiger partial charge in [-0.25, -0.2) is 0 Å². The number of benzene rings is 2. The lowest BCUT2D eigenvalue weighted by Crippen LogP contribution is -2.01. The summed E-state index contributed by atoms with van der Waals surface area (Å²) in [4.78, 5) is 1.03. The molecule has 0 spiro atoms. The maximum Gasteiger partial charge on any atom is 0.120 e. The van der Waals surface area contributed by atoms with Crippen molar-refractivity contribution in [2.24, 2.45) is 0 Å². The molecule has 0 saturated carbocycles. The molecule has 0 amide bonds. The molecule has 0 radical (unpaired) electrons. The zero-order chi connectivity index (χ0) is 15.1. The largest absolute Gasteiger partial charge is 0.494 e. The molecule has 0 aromatic heterocycles. The van der Waals surface area contributed by atoms with Crippen molar-refractivity contribution >= 4 is 33.4 Å². The molecular weight excluding hydrogens is 350 g/mol. The van der Waals surface area contributed by atoms with Crippen molar-refractivity contribution in [2.45, 2.75) is 11.8 Å². The molecule has 2 rings (SSSR count). The van der Waals surface area contributed by atoms with Gasteiger partial charge in [0, 0.05) is 20.8 Å². The van der Waals surface area contributed by atoms with Gasteiger partial charge in [-0.2, -0.15) is 0 Å². The van der Waals surface area contributed by atoms with Crippen LogP contribution in [-0.4, -0.2) is 19.0 Å². The molecule has 112 valence electrons. The first-order chi connectivity index (χ1) is 10.2. The van der Waals surface area contributed by atoms with Gasteiger partial charge < -0.3 is 15.2 Å². The molecule has 2 aromatic carbocycles. The number of halogens is 1. The fraction of sp³-hybridized carbons (Fsp3) is 0.250. The predicted molar refractivity (Wildman–Crippen MR) is 92.4 cm³/mol. The maximum absolute atomic E-state index is 5.98. The van der Waals surface area contributed by atoms with Crippen molar-refractivity contribution in [1.82, 2.24) is 0 Å². The number of ether oxygens (including phenoxy) is 2. The van der Waals surface area contributed by atoms with Gasteiger partial charge in [0.1, 0.15) is 11.5 Å². The quantitative estimate of drug-likeness (QED) is 0.441. The second-order valence-corrected chi connectivity index (χ2v) is 6.34. The first-order valence-electron chi connectivity index (χ1n) is 6.72. The molecule has 0 atom stereocenters. The van der Waals surface area contributed by atoms with E-state index >= 15 is 0 Å². The Bertz CT molecular complexity index is 592. The lowest BCUT2D eigenvalue weighted by atomic mass is 10.3. The smallest absolute Gasteiger partial charge is 0.120 e. The van der Waals surface area contributed by atoms with E-state index in [9.17, 15) is 0 Å². The minimum Gasteiger partial charge on any atom is -0.494 e. The third kappa shape index (κ3) is 5.17. The summed E-state index contributed by atoms with van der Waals surface area (Å²) < 4.78 is 12.2. The molecule has 0 aliphatic rings. The standard InChI is InChI=1S/C16H18BrNO2S/c1-2-19-14-6-7-15(18)16(11-14)21-9-8-20-13-5-3-4-12(17)10-13/h3-7,10-11H,2,8-9,18H2,1H3. The second kappa shape index (κ2) is 8.20. The Kier molecular flexibility index (Phi) is 6.26. The third-order valence-electron chi connectivity index (χ3n) is 2.70. The summed E-state index contributed by atoms with van der Waals surface area (Å²) in [7, 11) is 0. The van der Waals surface area contributed by atoms with Gasteiger partial charge in [-0.15, -0.1) is 11.8 Å². The normalized spacial score (nSPS) is 10.4. The van der Waals surface area contributed by atoms with Crippen molar-refractivity contribution in [3.05, 3.63) is 46.9 Å². The van der Waals surface area contributed by atoms with E-state index in [4.69, 9.17) is 15.2 Å². The van der Waals surface area contributed by atoms with Crippen LogP contribution >= 0.6 is 27.7 Å². The molecule has 0 aliphatic carbocycles. The van der Waals surface area contributed by atoms with Crippen LogP contribution in [-0.2, 0) is 0 Å². The van der Waals surface area contributed by atoms with E-state index in [1.54, 1.807) is 11.8 Å². The van der Waals surface area contributed by atoms with Crippen LogP contribution in [0.5, 0.6) is 11.5 Å². The minimum absolute atomic E-state index is 0.624. The van der Waals surface area contributed by atoms with Gasteiger partial charge in [-0.3, -0.25) is 0 Å². The Balaban J connectivity index is 1.84. The molecule has 0 saturated heterocycles. The minimum atomic E-state index is 0.624. The third-order valence-corrected chi connectivity index (χ3v) is 4.23. The van der Waals surface area contributed by atoms with Gasteiger partial charge >= 0.3 is 0 Å². The summed E-state index contributed by atoms with van der Waals surface area (Å²) in [6.07, 6.45) is 0. The molecule has 0 aliphatic heterocycles. The molecule has 21 heavy (non-hydrogen) atoms. The van der Waals surface area contributed by atoms with Crippen LogP contribution < -0.4 is 15.2 Å². The summed E-state index contributed by atoms with van der Waals surface area (Å²) in [5, 5.41) is 0. The second-order valence-electron chi connectivity index (χ2n) is 4.29. The van der Waals surface area contributed by atoms with Gasteiger partial charge in [0.2, 0.25) is 0 Å². The number of anilines is 1. The fourth-order valence-corrected chi connectivity index (χ4v) is 2.96. The van der Waals surface area contributed by atoms with Gasteiger partial charge in [0.25, 0.3) is 0 Å². The van der Waals surface area contributed by atoms with Crippen LogP contribution in [0.3, 0.4) is 0 Å². The average molecular weight is 368 g/mol. The molecule has 2 aromatic rings. The number of nitrogen functional groups attached to an aromatic ring is 1.